The van der Waals surface area contributed by atoms with Crippen LogP contribution in [0.15, 0.2) is 43.0 Å². The normalized spacial score (nSPS) is 20.1. The Morgan fingerprint density at radius 2 is 2.04 bits per heavy atom. The lowest BCUT2D eigenvalue weighted by atomic mass is 10.00. The molecule has 1 saturated heterocycles. The second-order valence-electron chi connectivity index (χ2n) is 7.83. The molecule has 0 bridgehead atoms. The molecule has 0 amide bonds. The third-order valence-electron chi connectivity index (χ3n) is 4.58. The van der Waals surface area contributed by atoms with Crippen LogP contribution in [-0.4, -0.2) is 49.3 Å². The summed E-state index contributed by atoms with van der Waals surface area (Å²) in [5, 5.41) is 10.9. The molecule has 28 heavy (non-hydrogen) atoms. The van der Waals surface area contributed by atoms with Crippen molar-refractivity contribution in [1.29, 1.82) is 0 Å². The summed E-state index contributed by atoms with van der Waals surface area (Å²) in [6.45, 7) is 6.34. The fourth-order valence-corrected chi connectivity index (χ4v) is 3.57. The molecule has 0 radical (unpaired) electrons. The Morgan fingerprint density at radius 1 is 1.32 bits per heavy atom. The lowest BCUT2D eigenvalue weighted by Crippen LogP contribution is -2.47. The first kappa shape index (κ1) is 20.9. The van der Waals surface area contributed by atoms with Gasteiger partial charge in [0.2, 0.25) is 6.41 Å². The standard InChI is InChI=1S/C20H26FN3O3S/c1-20(2,3)27-18(25)24-11-4-5-16(24)17(14-6-8-15(21)9-7-14)26-19(28)23-12-10-22-13-23/h6-10,12-13,16-18,25H,4-5,11H2,1-3H3/t16-,17?,18?/m0/s1. The van der Waals surface area contributed by atoms with Gasteiger partial charge in [0.25, 0.3) is 5.17 Å². The maximum Gasteiger partial charge on any atom is 0.269 e. The topological polar surface area (TPSA) is 59.8 Å². The number of ether oxygens (including phenoxy) is 2. The van der Waals surface area contributed by atoms with Crippen molar-refractivity contribution in [2.24, 2.45) is 0 Å². The first-order valence-electron chi connectivity index (χ1n) is 9.30. The van der Waals surface area contributed by atoms with Crippen molar-refractivity contribution in [3.05, 3.63) is 54.4 Å². The summed E-state index contributed by atoms with van der Waals surface area (Å²) in [6.07, 6.45) is 5.00. The first-order chi connectivity index (χ1) is 13.2. The largest absolute Gasteiger partial charge is 0.461 e. The molecule has 0 aliphatic carbocycles. The van der Waals surface area contributed by atoms with Gasteiger partial charge < -0.3 is 14.6 Å². The molecule has 3 rings (SSSR count). The molecule has 1 N–H and O–H groups in total. The summed E-state index contributed by atoms with van der Waals surface area (Å²) in [4.78, 5) is 5.86. The van der Waals surface area contributed by atoms with E-state index < -0.39 is 18.1 Å². The van der Waals surface area contributed by atoms with E-state index >= 15 is 0 Å². The molecule has 1 fully saturated rings. The Kier molecular flexibility index (Phi) is 6.44. The zero-order valence-corrected chi connectivity index (χ0v) is 17.1. The highest BCUT2D eigenvalue weighted by Gasteiger charge is 2.39. The zero-order valence-electron chi connectivity index (χ0n) is 16.3. The number of halogens is 1. The van der Waals surface area contributed by atoms with E-state index in [1.807, 2.05) is 25.7 Å². The van der Waals surface area contributed by atoms with E-state index in [-0.39, 0.29) is 17.0 Å². The lowest BCUT2D eigenvalue weighted by Gasteiger charge is -2.37. The van der Waals surface area contributed by atoms with Gasteiger partial charge >= 0.3 is 0 Å². The summed E-state index contributed by atoms with van der Waals surface area (Å²) in [5.74, 6) is -0.320. The number of benzene rings is 1. The predicted octanol–water partition coefficient (Wildman–Crippen LogP) is 3.47. The van der Waals surface area contributed by atoms with E-state index in [9.17, 15) is 9.50 Å². The Labute approximate surface area is 169 Å². The summed E-state index contributed by atoms with van der Waals surface area (Å²) < 4.78 is 26.9. The fourth-order valence-electron chi connectivity index (χ4n) is 3.36. The second-order valence-corrected chi connectivity index (χ2v) is 8.18. The number of aliphatic hydroxyl groups is 1. The molecular formula is C20H26FN3O3S. The minimum atomic E-state index is -1.07. The van der Waals surface area contributed by atoms with E-state index in [0.29, 0.717) is 6.54 Å². The van der Waals surface area contributed by atoms with Crippen molar-refractivity contribution in [2.45, 2.75) is 57.8 Å². The Morgan fingerprint density at radius 3 is 2.64 bits per heavy atom. The molecule has 6 nitrogen and oxygen atoms in total. The monoisotopic (exact) mass is 407 g/mol. The van der Waals surface area contributed by atoms with Gasteiger partial charge in [0.05, 0.1) is 11.6 Å². The molecule has 8 heteroatoms. The summed E-state index contributed by atoms with van der Waals surface area (Å²) in [6, 6.07) is 5.98. The summed E-state index contributed by atoms with van der Waals surface area (Å²) in [5.41, 5.74) is 0.286. The maximum atomic E-state index is 13.5. The molecular weight excluding hydrogens is 381 g/mol. The van der Waals surface area contributed by atoms with Gasteiger partial charge in [0.15, 0.2) is 0 Å². The van der Waals surface area contributed by atoms with Crippen molar-refractivity contribution in [2.75, 3.05) is 6.54 Å². The molecule has 1 aliphatic heterocycles. The van der Waals surface area contributed by atoms with Gasteiger partial charge in [0, 0.05) is 18.9 Å². The number of aliphatic hydroxyl groups excluding tert-OH is 1. The van der Waals surface area contributed by atoms with Crippen molar-refractivity contribution >= 4 is 17.4 Å². The summed E-state index contributed by atoms with van der Waals surface area (Å²) >= 11 is 5.42. The number of hydrogen-bond donors (Lipinski definition) is 1. The van der Waals surface area contributed by atoms with Crippen molar-refractivity contribution in [1.82, 2.24) is 14.5 Å². The lowest BCUT2D eigenvalue weighted by molar-refractivity contribution is -0.247. The number of imidazole rings is 1. The molecule has 0 saturated carbocycles. The van der Waals surface area contributed by atoms with Crippen LogP contribution in [0.2, 0.25) is 0 Å². The third-order valence-corrected chi connectivity index (χ3v) is 4.88. The van der Waals surface area contributed by atoms with Crippen LogP contribution in [0.25, 0.3) is 0 Å². The van der Waals surface area contributed by atoms with E-state index in [1.54, 1.807) is 35.4 Å². The van der Waals surface area contributed by atoms with Gasteiger partial charge in [-0.2, -0.15) is 0 Å². The van der Waals surface area contributed by atoms with Gasteiger partial charge in [0.1, 0.15) is 18.2 Å². The van der Waals surface area contributed by atoms with E-state index in [0.717, 1.165) is 18.4 Å². The number of rotatable bonds is 5. The smallest absolute Gasteiger partial charge is 0.269 e. The average Bonchev–Trinajstić information content (AvgIpc) is 3.30. The fraction of sp³-hybridized carbons (Fsp3) is 0.500. The molecule has 0 spiro atoms. The van der Waals surface area contributed by atoms with Gasteiger partial charge in [-0.1, -0.05) is 12.1 Å². The van der Waals surface area contributed by atoms with Gasteiger partial charge in [-0.3, -0.25) is 4.57 Å². The minimum Gasteiger partial charge on any atom is -0.461 e. The number of nitrogens with zero attached hydrogens (tertiary/aromatic N) is 3. The summed E-state index contributed by atoms with van der Waals surface area (Å²) in [7, 11) is 0. The van der Waals surface area contributed by atoms with E-state index in [2.05, 4.69) is 4.98 Å². The Hall–Kier alpha value is -1.87. The van der Waals surface area contributed by atoms with Crippen LogP contribution < -0.4 is 0 Å². The van der Waals surface area contributed by atoms with Crippen molar-refractivity contribution in [3.8, 4) is 0 Å². The number of aromatic nitrogens is 2. The average molecular weight is 408 g/mol. The van der Waals surface area contributed by atoms with Crippen LogP contribution in [0.5, 0.6) is 0 Å². The SMILES string of the molecule is CC(C)(C)OC(O)N1CCC[C@H]1C(OC(=S)n1ccnc1)c1ccc(F)cc1. The Bertz CT molecular complexity index is 777. The third kappa shape index (κ3) is 5.14. The van der Waals surface area contributed by atoms with Gasteiger partial charge in [-0.25, -0.2) is 14.3 Å². The number of likely N-dealkylation sites (tertiary alicyclic amines) is 1. The van der Waals surface area contributed by atoms with Crippen LogP contribution in [0, 0.1) is 5.82 Å². The highest BCUT2D eigenvalue weighted by Crippen LogP contribution is 2.34. The van der Waals surface area contributed by atoms with Gasteiger partial charge in [-0.15, -0.1) is 0 Å². The maximum absolute atomic E-state index is 13.5. The number of hydrogen-bond acceptors (Lipinski definition) is 6. The molecule has 3 atom stereocenters. The molecule has 1 aliphatic rings. The molecule has 1 aromatic heterocycles. The molecule has 2 aromatic rings. The molecule has 2 heterocycles. The quantitative estimate of drug-likeness (QED) is 0.605. The zero-order chi connectivity index (χ0) is 20.3. The van der Waals surface area contributed by atoms with Crippen LogP contribution in [0.3, 0.4) is 0 Å². The second kappa shape index (κ2) is 8.65. The first-order valence-corrected chi connectivity index (χ1v) is 9.71. The Balaban J connectivity index is 1.86. The highest BCUT2D eigenvalue weighted by molar-refractivity contribution is 7.80. The van der Waals surface area contributed by atoms with Crippen molar-refractivity contribution < 1.29 is 19.0 Å². The van der Waals surface area contributed by atoms with Crippen molar-refractivity contribution in [3.63, 3.8) is 0 Å². The van der Waals surface area contributed by atoms with E-state index in [1.165, 1.54) is 12.1 Å². The highest BCUT2D eigenvalue weighted by atomic mass is 32.1. The predicted molar refractivity (Wildman–Crippen MR) is 107 cm³/mol. The molecule has 152 valence electrons. The van der Waals surface area contributed by atoms with Crippen LogP contribution in [-0.2, 0) is 9.47 Å². The van der Waals surface area contributed by atoms with Crippen LogP contribution in [0.1, 0.15) is 45.3 Å². The minimum absolute atomic E-state index is 0.177. The van der Waals surface area contributed by atoms with Crippen LogP contribution >= 0.6 is 12.2 Å². The number of thiocarbonyl (C=S) groups is 1. The molecule has 2 unspecified atom stereocenters. The van der Waals surface area contributed by atoms with E-state index in [4.69, 9.17) is 21.7 Å². The van der Waals surface area contributed by atoms with Gasteiger partial charge in [-0.05, 0) is 63.5 Å². The van der Waals surface area contributed by atoms with Crippen LogP contribution in [0.4, 0.5) is 4.39 Å². The molecule has 1 aromatic carbocycles.